The number of carbonyl (C=O) groups excluding carboxylic acids is 1. The van der Waals surface area contributed by atoms with E-state index in [9.17, 15) is 13.2 Å². The zero-order valence-electron chi connectivity index (χ0n) is 19.8. The van der Waals surface area contributed by atoms with Crippen molar-refractivity contribution < 1.29 is 17.9 Å². The highest BCUT2D eigenvalue weighted by molar-refractivity contribution is 7.91. The van der Waals surface area contributed by atoms with E-state index in [0.29, 0.717) is 17.5 Å². The van der Waals surface area contributed by atoms with Gasteiger partial charge in [-0.2, -0.15) is 0 Å². The Morgan fingerprint density at radius 3 is 2.58 bits per heavy atom. The summed E-state index contributed by atoms with van der Waals surface area (Å²) in [6, 6.07) is 22.1. The van der Waals surface area contributed by atoms with Gasteiger partial charge in [0.25, 0.3) is 0 Å². The smallest absolute Gasteiger partial charge is 0.229 e. The highest BCUT2D eigenvalue weighted by atomic mass is 32.2. The molecule has 36 heavy (non-hydrogen) atoms. The van der Waals surface area contributed by atoms with Crippen LogP contribution in [0.4, 0.5) is 5.00 Å². The van der Waals surface area contributed by atoms with Crippen molar-refractivity contribution in [2.45, 2.75) is 18.2 Å². The number of benzene rings is 2. The molecule has 184 valence electrons. The Kier molecular flexibility index (Phi) is 8.30. The molecule has 0 atom stereocenters. The summed E-state index contributed by atoms with van der Waals surface area (Å²) >= 11 is 1.42. The minimum atomic E-state index is -3.26. The topological polar surface area (TPSA) is 85.4 Å². The molecule has 0 aliphatic carbocycles. The Labute approximate surface area is 215 Å². The zero-order chi connectivity index (χ0) is 25.4. The molecule has 2 aromatic carbocycles. The van der Waals surface area contributed by atoms with Gasteiger partial charge in [-0.05, 0) is 53.1 Å². The van der Waals surface area contributed by atoms with Crippen molar-refractivity contribution in [2.75, 3.05) is 17.7 Å². The Bertz CT molecular complexity index is 1440. The Hall–Kier alpha value is -3.75. The number of ether oxygens (including phenoxy) is 1. The molecule has 1 amide bonds. The standard InChI is InChI=1S/C28H26N2O4S2/c1-2-36(32,33)24-14-12-22(13-15-24)18-26(31)30-27-19-23(20-35-27)25-11-6-16-29-28(25)34-17-7-10-21-8-4-3-5-9-21/h3-16,19-20H,2,17-18H2,1H3,(H,30,31)/b10-7+. The molecular formula is C28H26N2O4S2. The second kappa shape index (κ2) is 11.8. The summed E-state index contributed by atoms with van der Waals surface area (Å²) in [5.41, 5.74) is 3.59. The molecule has 8 heteroatoms. The first kappa shape index (κ1) is 25.3. The Morgan fingerprint density at radius 1 is 1.06 bits per heavy atom. The number of anilines is 1. The van der Waals surface area contributed by atoms with E-state index in [1.54, 1.807) is 37.4 Å². The van der Waals surface area contributed by atoms with Gasteiger partial charge in [-0.25, -0.2) is 13.4 Å². The van der Waals surface area contributed by atoms with Crippen LogP contribution >= 0.6 is 11.3 Å². The molecule has 0 saturated carbocycles. The number of thiophene rings is 1. The van der Waals surface area contributed by atoms with Crippen LogP contribution in [-0.4, -0.2) is 31.7 Å². The van der Waals surface area contributed by atoms with Crippen LogP contribution in [0.2, 0.25) is 0 Å². The lowest BCUT2D eigenvalue weighted by atomic mass is 10.1. The van der Waals surface area contributed by atoms with Crippen LogP contribution in [0.25, 0.3) is 17.2 Å². The molecule has 0 aliphatic heterocycles. The summed E-state index contributed by atoms with van der Waals surface area (Å²) in [6.07, 6.45) is 5.77. The first-order valence-corrected chi connectivity index (χ1v) is 14.0. The van der Waals surface area contributed by atoms with Gasteiger partial charge in [0.1, 0.15) is 6.61 Å². The van der Waals surface area contributed by atoms with Crippen LogP contribution < -0.4 is 10.1 Å². The van der Waals surface area contributed by atoms with Crippen LogP contribution in [-0.2, 0) is 21.1 Å². The summed E-state index contributed by atoms with van der Waals surface area (Å²) in [5, 5.41) is 5.57. The highest BCUT2D eigenvalue weighted by Gasteiger charge is 2.13. The van der Waals surface area contributed by atoms with Gasteiger partial charge < -0.3 is 10.1 Å². The summed E-state index contributed by atoms with van der Waals surface area (Å²) in [4.78, 5) is 17.2. The van der Waals surface area contributed by atoms with Crippen molar-refractivity contribution in [2.24, 2.45) is 0 Å². The first-order chi connectivity index (χ1) is 17.4. The predicted molar refractivity (Wildman–Crippen MR) is 145 cm³/mol. The van der Waals surface area contributed by atoms with Crippen molar-refractivity contribution in [3.63, 3.8) is 0 Å². The van der Waals surface area contributed by atoms with E-state index in [4.69, 9.17) is 4.74 Å². The summed E-state index contributed by atoms with van der Waals surface area (Å²) < 4.78 is 29.8. The minimum absolute atomic E-state index is 0.0433. The molecule has 0 aliphatic rings. The third kappa shape index (κ3) is 6.68. The fourth-order valence-electron chi connectivity index (χ4n) is 3.49. The lowest BCUT2D eigenvalue weighted by molar-refractivity contribution is -0.115. The van der Waals surface area contributed by atoms with E-state index in [-0.39, 0.29) is 23.0 Å². The second-order valence-corrected chi connectivity index (χ2v) is 11.1. The third-order valence-electron chi connectivity index (χ3n) is 5.40. The molecule has 0 radical (unpaired) electrons. The molecule has 0 bridgehead atoms. The number of nitrogens with one attached hydrogen (secondary N) is 1. The maximum absolute atomic E-state index is 12.6. The Balaban J connectivity index is 1.37. The van der Waals surface area contributed by atoms with Crippen molar-refractivity contribution in [3.05, 3.63) is 102 Å². The van der Waals surface area contributed by atoms with E-state index in [0.717, 1.165) is 22.3 Å². The number of pyridine rings is 1. The maximum Gasteiger partial charge on any atom is 0.229 e. The van der Waals surface area contributed by atoms with Crippen LogP contribution in [0.3, 0.4) is 0 Å². The number of nitrogens with zero attached hydrogens (tertiary/aromatic N) is 1. The fraction of sp³-hybridized carbons (Fsp3) is 0.143. The summed E-state index contributed by atoms with van der Waals surface area (Å²) in [7, 11) is -3.26. The predicted octanol–water partition coefficient (Wildman–Crippen LogP) is 5.88. The molecule has 2 heterocycles. The van der Waals surface area contributed by atoms with E-state index in [2.05, 4.69) is 10.3 Å². The van der Waals surface area contributed by atoms with E-state index in [1.807, 2.05) is 66.1 Å². The number of sulfone groups is 1. The van der Waals surface area contributed by atoms with Crippen molar-refractivity contribution >= 4 is 38.2 Å². The fourth-order valence-corrected chi connectivity index (χ4v) is 5.19. The average molecular weight is 519 g/mol. The molecule has 0 saturated heterocycles. The van der Waals surface area contributed by atoms with Gasteiger partial charge in [0.2, 0.25) is 11.8 Å². The number of amides is 1. The number of hydrogen-bond donors (Lipinski definition) is 1. The largest absolute Gasteiger partial charge is 0.473 e. The zero-order valence-corrected chi connectivity index (χ0v) is 21.4. The van der Waals surface area contributed by atoms with Crippen molar-refractivity contribution in [1.82, 2.24) is 4.98 Å². The van der Waals surface area contributed by atoms with Crippen LogP contribution in [0.15, 0.2) is 95.3 Å². The van der Waals surface area contributed by atoms with Gasteiger partial charge >= 0.3 is 0 Å². The number of carbonyl (C=O) groups is 1. The highest BCUT2D eigenvalue weighted by Crippen LogP contribution is 2.34. The van der Waals surface area contributed by atoms with E-state index >= 15 is 0 Å². The SMILES string of the molecule is CCS(=O)(=O)c1ccc(CC(=O)Nc2cc(-c3cccnc3OC/C=C/c3ccccc3)cs2)cc1. The van der Waals surface area contributed by atoms with E-state index < -0.39 is 9.84 Å². The molecule has 4 rings (SSSR count). The van der Waals surface area contributed by atoms with Crippen molar-refractivity contribution in [3.8, 4) is 17.0 Å². The molecule has 4 aromatic rings. The maximum atomic E-state index is 12.6. The van der Waals surface area contributed by atoms with Gasteiger partial charge in [0, 0.05) is 17.1 Å². The van der Waals surface area contributed by atoms with Crippen LogP contribution in [0.1, 0.15) is 18.1 Å². The van der Waals surface area contributed by atoms with Gasteiger partial charge in [-0.1, -0.05) is 55.5 Å². The molecule has 0 unspecified atom stereocenters. The lowest BCUT2D eigenvalue weighted by Gasteiger charge is -2.07. The minimum Gasteiger partial charge on any atom is -0.473 e. The number of rotatable bonds is 10. The second-order valence-electron chi connectivity index (χ2n) is 7.95. The summed E-state index contributed by atoms with van der Waals surface area (Å²) in [5.74, 6) is 0.387. The van der Waals surface area contributed by atoms with Crippen LogP contribution in [0.5, 0.6) is 5.88 Å². The van der Waals surface area contributed by atoms with E-state index in [1.165, 1.54) is 11.3 Å². The molecular weight excluding hydrogens is 492 g/mol. The van der Waals surface area contributed by atoms with Crippen molar-refractivity contribution in [1.29, 1.82) is 0 Å². The first-order valence-electron chi connectivity index (χ1n) is 11.4. The average Bonchev–Trinajstić information content (AvgIpc) is 3.36. The molecule has 6 nitrogen and oxygen atoms in total. The monoisotopic (exact) mass is 518 g/mol. The number of hydrogen-bond acceptors (Lipinski definition) is 6. The van der Waals surface area contributed by atoms with Gasteiger partial charge in [0.15, 0.2) is 9.84 Å². The quantitative estimate of drug-likeness (QED) is 0.283. The normalized spacial score (nSPS) is 11.5. The summed E-state index contributed by atoms with van der Waals surface area (Å²) in [6.45, 7) is 1.99. The molecule has 0 fully saturated rings. The molecule has 2 aromatic heterocycles. The molecule has 1 N–H and O–H groups in total. The lowest BCUT2D eigenvalue weighted by Crippen LogP contribution is -2.13. The van der Waals surface area contributed by atoms with Gasteiger partial charge in [-0.15, -0.1) is 11.3 Å². The Morgan fingerprint density at radius 2 is 1.83 bits per heavy atom. The molecule has 0 spiro atoms. The van der Waals surface area contributed by atoms with Gasteiger partial charge in [-0.3, -0.25) is 4.79 Å². The van der Waals surface area contributed by atoms with Gasteiger partial charge in [0.05, 0.1) is 22.1 Å². The third-order valence-corrected chi connectivity index (χ3v) is 7.99. The van der Waals surface area contributed by atoms with Crippen LogP contribution in [0, 0.1) is 0 Å². The number of aromatic nitrogens is 1.